The fraction of sp³-hybridized carbons (Fsp3) is 0.353. The predicted octanol–water partition coefficient (Wildman–Crippen LogP) is 1.92. The molecule has 0 saturated carbocycles. The Balaban J connectivity index is 1.93. The Morgan fingerprint density at radius 2 is 1.96 bits per heavy atom. The number of aromatic nitrogens is 2. The molecule has 6 heteroatoms. The van der Waals surface area contributed by atoms with Gasteiger partial charge in [-0.1, -0.05) is 6.07 Å². The molecule has 0 aliphatic carbocycles. The maximum atomic E-state index is 12.1. The summed E-state index contributed by atoms with van der Waals surface area (Å²) in [5.41, 5.74) is 3.25. The number of aryl methyl sites for hydroxylation is 1. The minimum atomic E-state index is -0.0841. The standard InChI is InChI=1S/C17H23N5O/c1-13-5-6-16(19-9-13)20-17(23)12-22(4)11-14-10-18-8-7-15(14)21(2)3/h5-10H,11-12H2,1-4H3,(H,19,20,23). The van der Waals surface area contributed by atoms with Crippen LogP contribution >= 0.6 is 0 Å². The van der Waals surface area contributed by atoms with E-state index in [1.54, 1.807) is 18.5 Å². The van der Waals surface area contributed by atoms with Gasteiger partial charge >= 0.3 is 0 Å². The van der Waals surface area contributed by atoms with E-state index in [-0.39, 0.29) is 12.5 Å². The molecule has 1 N–H and O–H groups in total. The number of likely N-dealkylation sites (N-methyl/N-ethyl adjacent to an activating group) is 1. The number of nitrogens with one attached hydrogen (secondary N) is 1. The fourth-order valence-electron chi connectivity index (χ4n) is 2.29. The summed E-state index contributed by atoms with van der Waals surface area (Å²) in [7, 11) is 5.90. The van der Waals surface area contributed by atoms with Gasteiger partial charge in [0.05, 0.1) is 6.54 Å². The second-order valence-corrected chi connectivity index (χ2v) is 5.84. The van der Waals surface area contributed by atoms with Crippen molar-refractivity contribution in [2.75, 3.05) is 37.9 Å². The van der Waals surface area contributed by atoms with E-state index in [1.165, 1.54) is 0 Å². The molecule has 0 aliphatic heterocycles. The Hall–Kier alpha value is -2.47. The van der Waals surface area contributed by atoms with Crippen LogP contribution in [0.1, 0.15) is 11.1 Å². The number of carbonyl (C=O) groups excluding carboxylic acids is 1. The van der Waals surface area contributed by atoms with Crippen molar-refractivity contribution in [3.05, 3.63) is 47.9 Å². The predicted molar refractivity (Wildman–Crippen MR) is 92.5 cm³/mol. The van der Waals surface area contributed by atoms with Gasteiger partial charge in [0.15, 0.2) is 0 Å². The Morgan fingerprint density at radius 3 is 2.61 bits per heavy atom. The molecule has 1 amide bonds. The van der Waals surface area contributed by atoms with Crippen LogP contribution in [0.15, 0.2) is 36.8 Å². The van der Waals surface area contributed by atoms with Crippen LogP contribution < -0.4 is 10.2 Å². The van der Waals surface area contributed by atoms with Crippen LogP contribution in [-0.4, -0.2) is 48.5 Å². The first kappa shape index (κ1) is 16.9. The van der Waals surface area contributed by atoms with Crippen molar-refractivity contribution >= 4 is 17.4 Å². The van der Waals surface area contributed by atoms with Crippen molar-refractivity contribution in [3.8, 4) is 0 Å². The topological polar surface area (TPSA) is 61.4 Å². The number of pyridine rings is 2. The van der Waals surface area contributed by atoms with Gasteiger partial charge < -0.3 is 10.2 Å². The Kier molecular flexibility index (Phi) is 5.65. The molecule has 6 nitrogen and oxygen atoms in total. The maximum Gasteiger partial charge on any atom is 0.239 e. The van der Waals surface area contributed by atoms with Crippen LogP contribution in [0, 0.1) is 6.92 Å². The third-order valence-electron chi connectivity index (χ3n) is 3.39. The van der Waals surface area contributed by atoms with Gasteiger partial charge in [-0.3, -0.25) is 14.7 Å². The molecule has 23 heavy (non-hydrogen) atoms. The quantitative estimate of drug-likeness (QED) is 0.883. The lowest BCUT2D eigenvalue weighted by Gasteiger charge is -2.21. The molecule has 2 rings (SSSR count). The van der Waals surface area contributed by atoms with E-state index in [0.717, 1.165) is 16.8 Å². The lowest BCUT2D eigenvalue weighted by Crippen LogP contribution is -2.30. The first-order valence-electron chi connectivity index (χ1n) is 7.47. The number of hydrogen-bond donors (Lipinski definition) is 1. The van der Waals surface area contributed by atoms with Crippen LogP contribution in [0.25, 0.3) is 0 Å². The summed E-state index contributed by atoms with van der Waals surface area (Å²) in [6.07, 6.45) is 5.35. The third kappa shape index (κ3) is 5.03. The molecule has 0 spiro atoms. The maximum absolute atomic E-state index is 12.1. The minimum absolute atomic E-state index is 0.0841. The number of amides is 1. The molecule has 0 radical (unpaired) electrons. The molecule has 0 atom stereocenters. The number of nitrogens with zero attached hydrogens (tertiary/aromatic N) is 4. The largest absolute Gasteiger partial charge is 0.377 e. The second kappa shape index (κ2) is 7.69. The van der Waals surface area contributed by atoms with Gasteiger partial charge in [0.1, 0.15) is 5.82 Å². The average Bonchev–Trinajstić information content (AvgIpc) is 2.49. The summed E-state index contributed by atoms with van der Waals surface area (Å²) in [6.45, 7) is 2.90. The SMILES string of the molecule is Cc1ccc(NC(=O)CN(C)Cc2cnccc2N(C)C)nc1. The zero-order valence-corrected chi connectivity index (χ0v) is 14.1. The number of hydrogen-bond acceptors (Lipinski definition) is 5. The summed E-state index contributed by atoms with van der Waals surface area (Å²) < 4.78 is 0. The van der Waals surface area contributed by atoms with E-state index in [4.69, 9.17) is 0 Å². The molecule has 0 fully saturated rings. The van der Waals surface area contributed by atoms with Crippen molar-refractivity contribution < 1.29 is 4.79 Å². The van der Waals surface area contributed by atoms with Crippen LogP contribution in [0.5, 0.6) is 0 Å². The van der Waals surface area contributed by atoms with Crippen molar-refractivity contribution in [1.82, 2.24) is 14.9 Å². The summed E-state index contributed by atoms with van der Waals surface area (Å²) in [5, 5.41) is 2.81. The number of rotatable bonds is 6. The summed E-state index contributed by atoms with van der Waals surface area (Å²) in [6, 6.07) is 5.70. The van der Waals surface area contributed by atoms with Gasteiger partial charge in [0.25, 0.3) is 0 Å². The Morgan fingerprint density at radius 1 is 1.17 bits per heavy atom. The zero-order chi connectivity index (χ0) is 16.8. The van der Waals surface area contributed by atoms with Crippen LogP contribution in [0.4, 0.5) is 11.5 Å². The number of anilines is 2. The van der Waals surface area contributed by atoms with Gasteiger partial charge in [-0.15, -0.1) is 0 Å². The molecule has 2 aromatic heterocycles. The molecule has 0 aromatic carbocycles. The summed E-state index contributed by atoms with van der Waals surface area (Å²) >= 11 is 0. The van der Waals surface area contributed by atoms with Crippen LogP contribution in [0.3, 0.4) is 0 Å². The van der Waals surface area contributed by atoms with E-state index in [0.29, 0.717) is 12.4 Å². The molecule has 2 heterocycles. The molecule has 122 valence electrons. The van der Waals surface area contributed by atoms with Crippen molar-refractivity contribution in [2.45, 2.75) is 13.5 Å². The van der Waals surface area contributed by atoms with Gasteiger partial charge in [-0.25, -0.2) is 4.98 Å². The van der Waals surface area contributed by atoms with Gasteiger partial charge in [0.2, 0.25) is 5.91 Å². The van der Waals surface area contributed by atoms with E-state index in [1.807, 2.05) is 56.2 Å². The highest BCUT2D eigenvalue weighted by atomic mass is 16.2. The summed E-state index contributed by atoms with van der Waals surface area (Å²) in [5.74, 6) is 0.489. The van der Waals surface area contributed by atoms with E-state index >= 15 is 0 Å². The Labute approximate surface area is 137 Å². The molecule has 0 aliphatic rings. The van der Waals surface area contributed by atoms with Gasteiger partial charge in [-0.2, -0.15) is 0 Å². The van der Waals surface area contributed by atoms with E-state index in [2.05, 4.69) is 15.3 Å². The van der Waals surface area contributed by atoms with E-state index in [9.17, 15) is 4.79 Å². The first-order valence-corrected chi connectivity index (χ1v) is 7.47. The van der Waals surface area contributed by atoms with E-state index < -0.39 is 0 Å². The molecular formula is C17H23N5O. The lowest BCUT2D eigenvalue weighted by atomic mass is 10.2. The molecule has 0 unspecified atom stereocenters. The highest BCUT2D eigenvalue weighted by Gasteiger charge is 2.11. The highest BCUT2D eigenvalue weighted by molar-refractivity contribution is 5.91. The second-order valence-electron chi connectivity index (χ2n) is 5.84. The molecule has 2 aromatic rings. The number of carbonyl (C=O) groups is 1. The molecule has 0 saturated heterocycles. The molecular weight excluding hydrogens is 290 g/mol. The zero-order valence-electron chi connectivity index (χ0n) is 14.1. The normalized spacial score (nSPS) is 10.7. The molecule has 0 bridgehead atoms. The van der Waals surface area contributed by atoms with Crippen molar-refractivity contribution in [1.29, 1.82) is 0 Å². The monoisotopic (exact) mass is 313 g/mol. The van der Waals surface area contributed by atoms with Crippen LogP contribution in [-0.2, 0) is 11.3 Å². The van der Waals surface area contributed by atoms with Gasteiger partial charge in [0, 0.05) is 50.5 Å². The third-order valence-corrected chi connectivity index (χ3v) is 3.39. The Bertz CT molecular complexity index is 654. The summed E-state index contributed by atoms with van der Waals surface area (Å²) in [4.78, 5) is 24.4. The first-order chi connectivity index (χ1) is 11.0. The van der Waals surface area contributed by atoms with Crippen LogP contribution in [0.2, 0.25) is 0 Å². The highest BCUT2D eigenvalue weighted by Crippen LogP contribution is 2.18. The smallest absolute Gasteiger partial charge is 0.239 e. The lowest BCUT2D eigenvalue weighted by molar-refractivity contribution is -0.117. The minimum Gasteiger partial charge on any atom is -0.377 e. The van der Waals surface area contributed by atoms with Gasteiger partial charge in [-0.05, 0) is 31.7 Å². The fourth-order valence-corrected chi connectivity index (χ4v) is 2.29. The van der Waals surface area contributed by atoms with Crippen molar-refractivity contribution in [3.63, 3.8) is 0 Å². The average molecular weight is 313 g/mol. The van der Waals surface area contributed by atoms with Crippen molar-refractivity contribution in [2.24, 2.45) is 0 Å².